The minimum atomic E-state index is -0.730. The summed E-state index contributed by atoms with van der Waals surface area (Å²) in [7, 11) is 0. The van der Waals surface area contributed by atoms with Crippen molar-refractivity contribution in [1.29, 1.82) is 0 Å². The van der Waals surface area contributed by atoms with E-state index in [0.717, 1.165) is 32.1 Å². The van der Waals surface area contributed by atoms with E-state index in [1.807, 2.05) is 0 Å². The lowest BCUT2D eigenvalue weighted by Crippen LogP contribution is -2.13. The Bertz CT molecular complexity index is 125. The van der Waals surface area contributed by atoms with Crippen LogP contribution >= 0.6 is 0 Å². The molecule has 1 N–H and O–H groups in total. The molecule has 0 aromatic heterocycles. The van der Waals surface area contributed by atoms with Crippen LogP contribution in [-0.4, -0.2) is 17.0 Å². The van der Waals surface area contributed by atoms with E-state index in [2.05, 4.69) is 13.8 Å². The fraction of sp³-hybridized carbons (Fsp3) is 1.00. The number of unbranched alkanes of at least 4 members (excludes halogenated alkanes) is 1. The number of epoxide rings is 1. The van der Waals surface area contributed by atoms with Gasteiger partial charge in [-0.25, -0.2) is 0 Å². The van der Waals surface area contributed by atoms with E-state index in [-0.39, 0.29) is 6.10 Å². The van der Waals surface area contributed by atoms with Gasteiger partial charge in [0.15, 0.2) is 5.79 Å². The monoisotopic (exact) mass is 158 g/mol. The lowest BCUT2D eigenvalue weighted by Gasteiger charge is -2.02. The third-order valence-corrected chi connectivity index (χ3v) is 2.23. The van der Waals surface area contributed by atoms with Gasteiger partial charge in [0.2, 0.25) is 0 Å². The van der Waals surface area contributed by atoms with E-state index in [1.54, 1.807) is 0 Å². The summed E-state index contributed by atoms with van der Waals surface area (Å²) in [6.07, 6.45) is 5.24. The Kier molecular flexibility index (Phi) is 2.90. The number of hydrogen-bond donors (Lipinski definition) is 1. The highest BCUT2D eigenvalue weighted by Gasteiger charge is 2.53. The molecule has 1 aliphatic heterocycles. The maximum Gasteiger partial charge on any atom is 0.192 e. The molecular weight excluding hydrogens is 140 g/mol. The molecule has 11 heavy (non-hydrogen) atoms. The van der Waals surface area contributed by atoms with Crippen LogP contribution in [0.4, 0.5) is 0 Å². The normalized spacial score (nSPS) is 35.7. The van der Waals surface area contributed by atoms with Crippen molar-refractivity contribution in [1.82, 2.24) is 0 Å². The van der Waals surface area contributed by atoms with E-state index < -0.39 is 5.79 Å². The van der Waals surface area contributed by atoms with Gasteiger partial charge in [0.25, 0.3) is 0 Å². The van der Waals surface area contributed by atoms with Gasteiger partial charge in [-0.3, -0.25) is 0 Å². The van der Waals surface area contributed by atoms with E-state index >= 15 is 0 Å². The SMILES string of the molecule is CCCCC1(O)OC1CCC. The number of hydrogen-bond acceptors (Lipinski definition) is 2. The van der Waals surface area contributed by atoms with E-state index in [1.165, 1.54) is 0 Å². The fourth-order valence-electron chi connectivity index (χ4n) is 1.41. The Morgan fingerprint density at radius 3 is 2.64 bits per heavy atom. The zero-order valence-corrected chi connectivity index (χ0v) is 7.47. The van der Waals surface area contributed by atoms with Gasteiger partial charge in [-0.1, -0.05) is 26.7 Å². The van der Waals surface area contributed by atoms with Crippen LogP contribution in [0.15, 0.2) is 0 Å². The maximum atomic E-state index is 9.63. The quantitative estimate of drug-likeness (QED) is 0.621. The molecule has 1 aliphatic rings. The maximum absolute atomic E-state index is 9.63. The second-order valence-corrected chi connectivity index (χ2v) is 3.34. The summed E-state index contributed by atoms with van der Waals surface area (Å²) < 4.78 is 5.20. The Hall–Kier alpha value is -0.0800. The van der Waals surface area contributed by atoms with Gasteiger partial charge in [0.1, 0.15) is 6.10 Å². The van der Waals surface area contributed by atoms with Crippen LogP contribution in [0.5, 0.6) is 0 Å². The van der Waals surface area contributed by atoms with Crippen LogP contribution in [-0.2, 0) is 4.74 Å². The van der Waals surface area contributed by atoms with Gasteiger partial charge < -0.3 is 9.84 Å². The van der Waals surface area contributed by atoms with Crippen LogP contribution < -0.4 is 0 Å². The first-order chi connectivity index (χ1) is 5.23. The third-order valence-electron chi connectivity index (χ3n) is 2.23. The average molecular weight is 158 g/mol. The lowest BCUT2D eigenvalue weighted by molar-refractivity contribution is 0.0268. The van der Waals surface area contributed by atoms with Crippen LogP contribution in [0.1, 0.15) is 46.0 Å². The Morgan fingerprint density at radius 1 is 1.36 bits per heavy atom. The molecule has 2 unspecified atom stereocenters. The van der Waals surface area contributed by atoms with Crippen LogP contribution in [0.2, 0.25) is 0 Å². The van der Waals surface area contributed by atoms with Gasteiger partial charge in [-0.05, 0) is 12.8 Å². The van der Waals surface area contributed by atoms with Crippen molar-refractivity contribution in [3.05, 3.63) is 0 Å². The van der Waals surface area contributed by atoms with Crippen molar-refractivity contribution in [2.24, 2.45) is 0 Å². The van der Waals surface area contributed by atoms with E-state index in [9.17, 15) is 5.11 Å². The molecule has 1 rings (SSSR count). The van der Waals surface area contributed by atoms with Crippen LogP contribution in [0.3, 0.4) is 0 Å². The first kappa shape index (κ1) is 9.01. The van der Waals surface area contributed by atoms with E-state index in [4.69, 9.17) is 4.74 Å². The zero-order chi connectivity index (χ0) is 8.32. The summed E-state index contributed by atoms with van der Waals surface area (Å²) in [4.78, 5) is 0. The van der Waals surface area contributed by atoms with Gasteiger partial charge in [0.05, 0.1) is 0 Å². The first-order valence-electron chi connectivity index (χ1n) is 4.63. The summed E-state index contributed by atoms with van der Waals surface area (Å²) in [5.41, 5.74) is 0. The number of ether oxygens (including phenoxy) is 1. The molecule has 2 nitrogen and oxygen atoms in total. The van der Waals surface area contributed by atoms with Crippen molar-refractivity contribution in [2.75, 3.05) is 0 Å². The molecule has 0 bridgehead atoms. The summed E-state index contributed by atoms with van der Waals surface area (Å²) in [5, 5.41) is 9.63. The molecule has 0 aromatic carbocycles. The molecule has 1 fully saturated rings. The van der Waals surface area contributed by atoms with Crippen molar-refractivity contribution in [2.45, 2.75) is 57.8 Å². The minimum Gasteiger partial charge on any atom is -0.363 e. The van der Waals surface area contributed by atoms with Crippen molar-refractivity contribution in [3.8, 4) is 0 Å². The van der Waals surface area contributed by atoms with Gasteiger partial charge in [-0.15, -0.1) is 0 Å². The Balaban J connectivity index is 2.14. The summed E-state index contributed by atoms with van der Waals surface area (Å²) in [6.45, 7) is 4.24. The predicted octanol–water partition coefficient (Wildman–Crippen LogP) is 2.06. The topological polar surface area (TPSA) is 32.8 Å². The predicted molar refractivity (Wildman–Crippen MR) is 44.3 cm³/mol. The molecule has 66 valence electrons. The number of rotatable bonds is 5. The molecule has 0 aliphatic carbocycles. The van der Waals surface area contributed by atoms with E-state index in [0.29, 0.717) is 0 Å². The standard InChI is InChI=1S/C9H18O2/c1-3-5-7-9(10)8(11-9)6-4-2/h8,10H,3-7H2,1-2H3. The third kappa shape index (κ3) is 2.17. The van der Waals surface area contributed by atoms with Gasteiger partial charge in [0, 0.05) is 6.42 Å². The lowest BCUT2D eigenvalue weighted by atomic mass is 10.1. The molecule has 0 spiro atoms. The highest BCUT2D eigenvalue weighted by molar-refractivity contribution is 4.91. The largest absolute Gasteiger partial charge is 0.363 e. The molecule has 0 radical (unpaired) electrons. The summed E-state index contributed by atoms with van der Waals surface area (Å²) >= 11 is 0. The second kappa shape index (κ2) is 3.55. The minimum absolute atomic E-state index is 0.138. The molecule has 2 heteroatoms. The second-order valence-electron chi connectivity index (χ2n) is 3.34. The molecule has 1 saturated heterocycles. The molecule has 2 atom stereocenters. The molecule has 1 heterocycles. The average Bonchev–Trinajstić information content (AvgIpc) is 2.60. The highest BCUT2D eigenvalue weighted by atomic mass is 16.7. The molecule has 0 saturated carbocycles. The molecule has 0 amide bonds. The Morgan fingerprint density at radius 2 is 2.09 bits per heavy atom. The Labute approximate surface area is 68.6 Å². The fourth-order valence-corrected chi connectivity index (χ4v) is 1.41. The number of aliphatic hydroxyl groups is 1. The van der Waals surface area contributed by atoms with Crippen molar-refractivity contribution in [3.63, 3.8) is 0 Å². The van der Waals surface area contributed by atoms with Crippen molar-refractivity contribution < 1.29 is 9.84 Å². The van der Waals surface area contributed by atoms with Crippen LogP contribution in [0.25, 0.3) is 0 Å². The highest BCUT2D eigenvalue weighted by Crippen LogP contribution is 2.40. The molecular formula is C9H18O2. The molecule has 0 aromatic rings. The summed E-state index contributed by atoms with van der Waals surface area (Å²) in [5.74, 6) is -0.730. The first-order valence-corrected chi connectivity index (χ1v) is 4.63. The van der Waals surface area contributed by atoms with Crippen molar-refractivity contribution >= 4 is 0 Å². The van der Waals surface area contributed by atoms with Gasteiger partial charge >= 0.3 is 0 Å². The summed E-state index contributed by atoms with van der Waals surface area (Å²) in [6, 6.07) is 0. The van der Waals surface area contributed by atoms with Crippen LogP contribution in [0, 0.1) is 0 Å². The van der Waals surface area contributed by atoms with Gasteiger partial charge in [-0.2, -0.15) is 0 Å². The smallest absolute Gasteiger partial charge is 0.192 e. The zero-order valence-electron chi connectivity index (χ0n) is 7.47.